The summed E-state index contributed by atoms with van der Waals surface area (Å²) < 4.78 is 37.1. The molecule has 33 heavy (non-hydrogen) atoms. The van der Waals surface area contributed by atoms with E-state index in [1.807, 2.05) is 0 Å². The largest absolute Gasteiger partial charge is 0.466 e. The number of likely N-dealkylation sites (N-methyl/N-ethyl adjacent to an activating group) is 1. The zero-order valence-corrected chi connectivity index (χ0v) is 19.9. The lowest BCUT2D eigenvalue weighted by Gasteiger charge is -2.32. The molecular weight excluding hydrogens is 450 g/mol. The molecule has 2 amide bonds. The molecule has 0 spiro atoms. The molecule has 2 fully saturated rings. The van der Waals surface area contributed by atoms with Crippen LogP contribution < -0.4 is 0 Å². The number of morpholine rings is 1. The molecule has 3 rings (SSSR count). The molecule has 0 atom stereocenters. The number of sulfonamides is 1. The Labute approximate surface area is 194 Å². The van der Waals surface area contributed by atoms with E-state index in [2.05, 4.69) is 0 Å². The number of piperidine rings is 1. The minimum Gasteiger partial charge on any atom is -0.466 e. The van der Waals surface area contributed by atoms with E-state index in [4.69, 9.17) is 9.47 Å². The molecule has 0 N–H and O–H groups in total. The minimum atomic E-state index is -3.64. The van der Waals surface area contributed by atoms with Crippen molar-refractivity contribution in [2.75, 3.05) is 59.6 Å². The van der Waals surface area contributed by atoms with Gasteiger partial charge in [-0.1, -0.05) is 0 Å². The van der Waals surface area contributed by atoms with Gasteiger partial charge in [0.1, 0.15) is 0 Å². The summed E-state index contributed by atoms with van der Waals surface area (Å²) in [6.07, 6.45) is 1.09. The highest BCUT2D eigenvalue weighted by Crippen LogP contribution is 2.20. The van der Waals surface area contributed by atoms with Gasteiger partial charge in [-0.3, -0.25) is 14.4 Å². The lowest BCUT2D eigenvalue weighted by Crippen LogP contribution is -2.45. The second-order valence-corrected chi connectivity index (χ2v) is 10.0. The summed E-state index contributed by atoms with van der Waals surface area (Å²) in [5.41, 5.74) is 0.298. The van der Waals surface area contributed by atoms with Crippen molar-refractivity contribution in [3.63, 3.8) is 0 Å². The molecule has 0 bridgehead atoms. The summed E-state index contributed by atoms with van der Waals surface area (Å²) in [5, 5.41) is 0. The topological polar surface area (TPSA) is 114 Å². The molecule has 2 heterocycles. The molecule has 0 unspecified atom stereocenters. The van der Waals surface area contributed by atoms with Crippen LogP contribution in [0.25, 0.3) is 0 Å². The third-order valence-electron chi connectivity index (χ3n) is 5.90. The van der Waals surface area contributed by atoms with Crippen LogP contribution in [0, 0.1) is 5.92 Å². The number of nitrogens with zero attached hydrogens (tertiary/aromatic N) is 3. The van der Waals surface area contributed by atoms with Gasteiger partial charge < -0.3 is 19.3 Å². The lowest BCUT2D eigenvalue weighted by molar-refractivity contribution is -0.151. The third kappa shape index (κ3) is 6.10. The van der Waals surface area contributed by atoms with Gasteiger partial charge in [-0.2, -0.15) is 4.31 Å². The summed E-state index contributed by atoms with van der Waals surface area (Å²) in [5.74, 6) is -0.989. The van der Waals surface area contributed by atoms with E-state index in [1.54, 1.807) is 11.8 Å². The first-order valence-corrected chi connectivity index (χ1v) is 12.6. The maximum Gasteiger partial charge on any atom is 0.309 e. The smallest absolute Gasteiger partial charge is 0.309 e. The maximum atomic E-state index is 12.8. The SMILES string of the molecule is CCOC(=O)C1CCN(C(=O)CN(C)C(=O)c2ccc(S(=O)(=O)N3CCOCC3)cc2)CC1. The number of hydrogen-bond acceptors (Lipinski definition) is 7. The molecule has 0 aliphatic carbocycles. The molecule has 2 saturated heterocycles. The highest BCUT2D eigenvalue weighted by Gasteiger charge is 2.30. The number of esters is 1. The van der Waals surface area contributed by atoms with E-state index in [-0.39, 0.29) is 35.1 Å². The number of hydrogen-bond donors (Lipinski definition) is 0. The van der Waals surface area contributed by atoms with Gasteiger partial charge in [-0.25, -0.2) is 8.42 Å². The fraction of sp³-hybridized carbons (Fsp3) is 0.591. The van der Waals surface area contributed by atoms with Crippen LogP contribution >= 0.6 is 0 Å². The fourth-order valence-electron chi connectivity index (χ4n) is 3.93. The molecular formula is C22H31N3O7S. The van der Waals surface area contributed by atoms with E-state index < -0.39 is 10.0 Å². The second-order valence-electron chi connectivity index (χ2n) is 8.11. The summed E-state index contributed by atoms with van der Waals surface area (Å²) >= 11 is 0. The van der Waals surface area contributed by atoms with Gasteiger partial charge >= 0.3 is 5.97 Å². The van der Waals surface area contributed by atoms with Crippen molar-refractivity contribution >= 4 is 27.8 Å². The van der Waals surface area contributed by atoms with E-state index in [0.29, 0.717) is 64.4 Å². The van der Waals surface area contributed by atoms with Crippen molar-refractivity contribution in [2.45, 2.75) is 24.7 Å². The Morgan fingerprint density at radius 1 is 1.06 bits per heavy atom. The average molecular weight is 482 g/mol. The highest BCUT2D eigenvalue weighted by atomic mass is 32.2. The Morgan fingerprint density at radius 3 is 2.24 bits per heavy atom. The van der Waals surface area contributed by atoms with E-state index in [9.17, 15) is 22.8 Å². The number of ether oxygens (including phenoxy) is 2. The van der Waals surface area contributed by atoms with Crippen LogP contribution in [-0.2, 0) is 29.1 Å². The zero-order valence-electron chi connectivity index (χ0n) is 19.1. The van der Waals surface area contributed by atoms with Crippen LogP contribution in [0.5, 0.6) is 0 Å². The average Bonchev–Trinajstić information content (AvgIpc) is 2.84. The predicted octanol–water partition coefficient (Wildman–Crippen LogP) is 0.581. The molecule has 0 aromatic heterocycles. The summed E-state index contributed by atoms with van der Waals surface area (Å²) in [4.78, 5) is 40.3. The van der Waals surface area contributed by atoms with Gasteiger partial charge in [0.25, 0.3) is 5.91 Å². The van der Waals surface area contributed by atoms with Crippen LogP contribution in [-0.4, -0.2) is 99.9 Å². The molecule has 1 aromatic carbocycles. The van der Waals surface area contributed by atoms with Crippen molar-refractivity contribution in [1.29, 1.82) is 0 Å². The number of amides is 2. The van der Waals surface area contributed by atoms with Crippen molar-refractivity contribution in [2.24, 2.45) is 5.92 Å². The molecule has 0 saturated carbocycles. The van der Waals surface area contributed by atoms with Crippen molar-refractivity contribution < 1.29 is 32.3 Å². The number of rotatable bonds is 7. The predicted molar refractivity (Wildman–Crippen MR) is 119 cm³/mol. The Hall–Kier alpha value is -2.50. The monoisotopic (exact) mass is 481 g/mol. The van der Waals surface area contributed by atoms with Crippen LogP contribution in [0.4, 0.5) is 0 Å². The van der Waals surface area contributed by atoms with Crippen LogP contribution in [0.15, 0.2) is 29.2 Å². The Balaban J connectivity index is 1.54. The first-order chi connectivity index (χ1) is 15.7. The normalized spacial score (nSPS) is 18.1. The molecule has 1 aromatic rings. The summed E-state index contributed by atoms with van der Waals surface area (Å²) in [6, 6.07) is 5.74. The second kappa shape index (κ2) is 11.1. The number of likely N-dealkylation sites (tertiary alicyclic amines) is 1. The minimum absolute atomic E-state index is 0.100. The van der Waals surface area contributed by atoms with Crippen molar-refractivity contribution in [1.82, 2.24) is 14.1 Å². The highest BCUT2D eigenvalue weighted by molar-refractivity contribution is 7.89. The molecule has 10 nitrogen and oxygen atoms in total. The lowest BCUT2D eigenvalue weighted by atomic mass is 9.97. The number of benzene rings is 1. The van der Waals surface area contributed by atoms with Gasteiger partial charge in [0.2, 0.25) is 15.9 Å². The van der Waals surface area contributed by atoms with E-state index >= 15 is 0 Å². The van der Waals surface area contributed by atoms with E-state index in [1.165, 1.54) is 40.5 Å². The van der Waals surface area contributed by atoms with Gasteiger partial charge in [-0.15, -0.1) is 0 Å². The van der Waals surface area contributed by atoms with Crippen molar-refractivity contribution in [3.8, 4) is 0 Å². The fourth-order valence-corrected chi connectivity index (χ4v) is 5.33. The number of carbonyl (C=O) groups is 3. The Kier molecular flexibility index (Phi) is 8.44. The standard InChI is InChI=1S/C22H31N3O7S/c1-3-32-22(28)18-8-10-24(11-9-18)20(26)16-23(2)21(27)17-4-6-19(7-5-17)33(29,30)25-12-14-31-15-13-25/h4-7,18H,3,8-16H2,1-2H3. The third-order valence-corrected chi connectivity index (χ3v) is 7.81. The van der Waals surface area contributed by atoms with Gasteiger partial charge in [0.15, 0.2) is 0 Å². The van der Waals surface area contributed by atoms with Crippen LogP contribution in [0.3, 0.4) is 0 Å². The first-order valence-electron chi connectivity index (χ1n) is 11.1. The van der Waals surface area contributed by atoms with Gasteiger partial charge in [0.05, 0.1) is 37.2 Å². The van der Waals surface area contributed by atoms with Gasteiger partial charge in [0, 0.05) is 38.8 Å². The Morgan fingerprint density at radius 2 is 1.67 bits per heavy atom. The van der Waals surface area contributed by atoms with Crippen molar-refractivity contribution in [3.05, 3.63) is 29.8 Å². The van der Waals surface area contributed by atoms with E-state index in [0.717, 1.165) is 0 Å². The summed E-state index contributed by atoms with van der Waals surface area (Å²) in [7, 11) is -2.11. The molecule has 182 valence electrons. The number of carbonyl (C=O) groups excluding carboxylic acids is 3. The van der Waals surface area contributed by atoms with Crippen LogP contribution in [0.2, 0.25) is 0 Å². The zero-order chi connectivity index (χ0) is 24.0. The van der Waals surface area contributed by atoms with Gasteiger partial charge in [-0.05, 0) is 44.0 Å². The molecule has 2 aliphatic heterocycles. The first kappa shape index (κ1) is 25.1. The Bertz CT molecular complexity index is 951. The molecule has 11 heteroatoms. The van der Waals surface area contributed by atoms with Crippen LogP contribution in [0.1, 0.15) is 30.1 Å². The quantitative estimate of drug-likeness (QED) is 0.524. The maximum absolute atomic E-state index is 12.8. The molecule has 0 radical (unpaired) electrons. The summed E-state index contributed by atoms with van der Waals surface area (Å²) in [6.45, 7) is 4.19. The molecule has 2 aliphatic rings.